The molecule has 2 N–H and O–H groups in total. The SMILES string of the molecule is Cc1cc2c3c(ncnn13)OCC2N. The highest BCUT2D eigenvalue weighted by Gasteiger charge is 2.23. The third-order valence-corrected chi connectivity index (χ3v) is 2.53. The minimum Gasteiger partial charge on any atom is -0.474 e. The molecule has 0 radical (unpaired) electrons. The molecule has 0 bridgehead atoms. The molecule has 0 saturated heterocycles. The second kappa shape index (κ2) is 2.45. The Hall–Kier alpha value is -1.62. The van der Waals surface area contributed by atoms with Gasteiger partial charge >= 0.3 is 0 Å². The number of hydrogen-bond donors (Lipinski definition) is 1. The van der Waals surface area contributed by atoms with Crippen molar-refractivity contribution in [1.82, 2.24) is 14.6 Å². The molecule has 1 atom stereocenters. The summed E-state index contributed by atoms with van der Waals surface area (Å²) in [6.07, 6.45) is 1.50. The molecule has 14 heavy (non-hydrogen) atoms. The van der Waals surface area contributed by atoms with Crippen LogP contribution in [0.3, 0.4) is 0 Å². The van der Waals surface area contributed by atoms with Crippen LogP contribution in [0.2, 0.25) is 0 Å². The zero-order chi connectivity index (χ0) is 9.71. The van der Waals surface area contributed by atoms with Crippen molar-refractivity contribution >= 4 is 5.52 Å². The van der Waals surface area contributed by atoms with Crippen LogP contribution in [-0.2, 0) is 0 Å². The Morgan fingerprint density at radius 1 is 1.64 bits per heavy atom. The van der Waals surface area contributed by atoms with Crippen LogP contribution < -0.4 is 10.5 Å². The van der Waals surface area contributed by atoms with Gasteiger partial charge in [-0.05, 0) is 13.0 Å². The fourth-order valence-electron chi connectivity index (χ4n) is 1.85. The van der Waals surface area contributed by atoms with Crippen molar-refractivity contribution in [3.8, 4) is 5.88 Å². The lowest BCUT2D eigenvalue weighted by Crippen LogP contribution is -2.23. The van der Waals surface area contributed by atoms with Gasteiger partial charge in [0.15, 0.2) is 0 Å². The summed E-state index contributed by atoms with van der Waals surface area (Å²) in [5.41, 5.74) is 8.96. The van der Waals surface area contributed by atoms with Gasteiger partial charge in [-0.2, -0.15) is 10.1 Å². The van der Waals surface area contributed by atoms with Crippen LogP contribution >= 0.6 is 0 Å². The van der Waals surface area contributed by atoms with Gasteiger partial charge in [0, 0.05) is 11.3 Å². The molecule has 5 nitrogen and oxygen atoms in total. The molecule has 0 aromatic carbocycles. The van der Waals surface area contributed by atoms with Crippen molar-refractivity contribution in [1.29, 1.82) is 0 Å². The monoisotopic (exact) mass is 190 g/mol. The number of nitrogens with two attached hydrogens (primary N) is 1. The molecule has 1 aliphatic rings. The van der Waals surface area contributed by atoms with Gasteiger partial charge in [0.2, 0.25) is 5.88 Å². The first-order valence-electron chi connectivity index (χ1n) is 4.49. The van der Waals surface area contributed by atoms with Crippen LogP contribution in [0.1, 0.15) is 17.3 Å². The highest BCUT2D eigenvalue weighted by molar-refractivity contribution is 5.66. The Kier molecular flexibility index (Phi) is 1.36. The van der Waals surface area contributed by atoms with Crippen molar-refractivity contribution in [2.45, 2.75) is 13.0 Å². The van der Waals surface area contributed by atoms with Crippen molar-refractivity contribution < 1.29 is 4.74 Å². The van der Waals surface area contributed by atoms with Crippen LogP contribution in [0.25, 0.3) is 5.52 Å². The molecular weight excluding hydrogens is 180 g/mol. The van der Waals surface area contributed by atoms with Gasteiger partial charge in [-0.3, -0.25) is 0 Å². The Bertz CT molecular complexity index is 505. The van der Waals surface area contributed by atoms with Crippen molar-refractivity contribution in [3.05, 3.63) is 23.7 Å². The highest BCUT2D eigenvalue weighted by atomic mass is 16.5. The zero-order valence-electron chi connectivity index (χ0n) is 7.77. The summed E-state index contributed by atoms with van der Waals surface area (Å²) in [5.74, 6) is 0.629. The summed E-state index contributed by atoms with van der Waals surface area (Å²) in [5, 5.41) is 4.15. The second-order valence-electron chi connectivity index (χ2n) is 3.48. The third-order valence-electron chi connectivity index (χ3n) is 2.53. The second-order valence-corrected chi connectivity index (χ2v) is 3.48. The first kappa shape index (κ1) is 7.75. The van der Waals surface area contributed by atoms with Gasteiger partial charge in [-0.1, -0.05) is 0 Å². The lowest BCUT2D eigenvalue weighted by atomic mass is 10.1. The quantitative estimate of drug-likeness (QED) is 0.654. The largest absolute Gasteiger partial charge is 0.474 e. The summed E-state index contributed by atoms with van der Waals surface area (Å²) in [6.45, 7) is 2.48. The standard InChI is InChI=1S/C9H10N4O/c1-5-2-6-7(10)3-14-9-8(6)13(5)12-4-11-9/h2,4,7H,3,10H2,1H3. The van der Waals surface area contributed by atoms with Gasteiger partial charge in [0.1, 0.15) is 18.5 Å². The van der Waals surface area contributed by atoms with Crippen LogP contribution in [0.4, 0.5) is 0 Å². The summed E-state index contributed by atoms with van der Waals surface area (Å²) in [6, 6.07) is 1.97. The number of aromatic nitrogens is 3. The van der Waals surface area contributed by atoms with E-state index >= 15 is 0 Å². The van der Waals surface area contributed by atoms with Gasteiger partial charge in [0.25, 0.3) is 0 Å². The van der Waals surface area contributed by atoms with E-state index in [1.165, 1.54) is 6.33 Å². The predicted molar refractivity (Wildman–Crippen MR) is 50.1 cm³/mol. The Labute approximate surface area is 80.5 Å². The summed E-state index contributed by atoms with van der Waals surface area (Å²) < 4.78 is 7.24. The molecule has 5 heteroatoms. The first-order chi connectivity index (χ1) is 6.77. The third kappa shape index (κ3) is 0.820. The Morgan fingerprint density at radius 3 is 3.36 bits per heavy atom. The van der Waals surface area contributed by atoms with Crippen molar-refractivity contribution in [2.75, 3.05) is 6.61 Å². The van der Waals surface area contributed by atoms with E-state index in [4.69, 9.17) is 10.5 Å². The minimum absolute atomic E-state index is 0.0720. The number of aryl methyl sites for hydroxylation is 1. The maximum Gasteiger partial charge on any atom is 0.241 e. The molecule has 1 aliphatic heterocycles. The first-order valence-corrected chi connectivity index (χ1v) is 4.49. The van der Waals surface area contributed by atoms with Crippen LogP contribution in [0.5, 0.6) is 5.88 Å². The molecule has 1 unspecified atom stereocenters. The lowest BCUT2D eigenvalue weighted by molar-refractivity contribution is 0.272. The highest BCUT2D eigenvalue weighted by Crippen LogP contribution is 2.31. The van der Waals surface area contributed by atoms with E-state index in [-0.39, 0.29) is 6.04 Å². The molecule has 0 fully saturated rings. The fraction of sp³-hybridized carbons (Fsp3) is 0.333. The summed E-state index contributed by atoms with van der Waals surface area (Å²) >= 11 is 0. The number of nitrogens with zero attached hydrogens (tertiary/aromatic N) is 3. The van der Waals surface area contributed by atoms with E-state index in [0.717, 1.165) is 16.8 Å². The maximum atomic E-state index is 5.92. The normalized spacial score (nSPS) is 19.7. The van der Waals surface area contributed by atoms with Gasteiger partial charge < -0.3 is 10.5 Å². The average molecular weight is 190 g/mol. The maximum absolute atomic E-state index is 5.92. The molecule has 3 heterocycles. The van der Waals surface area contributed by atoms with Crippen LogP contribution in [0, 0.1) is 6.92 Å². The van der Waals surface area contributed by atoms with E-state index in [0.29, 0.717) is 12.5 Å². The van der Waals surface area contributed by atoms with Crippen LogP contribution in [-0.4, -0.2) is 21.2 Å². The van der Waals surface area contributed by atoms with E-state index < -0.39 is 0 Å². The van der Waals surface area contributed by atoms with Crippen LogP contribution in [0.15, 0.2) is 12.4 Å². The molecule has 3 rings (SSSR count). The van der Waals surface area contributed by atoms with E-state index in [1.54, 1.807) is 0 Å². The molecule has 72 valence electrons. The Balaban J connectivity index is 2.47. The molecule has 0 spiro atoms. The minimum atomic E-state index is -0.0720. The van der Waals surface area contributed by atoms with E-state index in [2.05, 4.69) is 10.1 Å². The van der Waals surface area contributed by atoms with E-state index in [1.807, 2.05) is 17.5 Å². The van der Waals surface area contributed by atoms with Gasteiger partial charge in [-0.25, -0.2) is 4.52 Å². The summed E-state index contributed by atoms with van der Waals surface area (Å²) in [7, 11) is 0. The number of rotatable bonds is 0. The summed E-state index contributed by atoms with van der Waals surface area (Å²) in [4.78, 5) is 4.08. The molecule has 0 amide bonds. The van der Waals surface area contributed by atoms with E-state index in [9.17, 15) is 0 Å². The van der Waals surface area contributed by atoms with Crippen molar-refractivity contribution in [2.24, 2.45) is 5.73 Å². The predicted octanol–water partition coefficient (Wildman–Crippen LogP) is 0.430. The number of hydrogen-bond acceptors (Lipinski definition) is 4. The molecule has 0 aliphatic carbocycles. The molecular formula is C9H10N4O. The molecule has 2 aromatic rings. The van der Waals surface area contributed by atoms with Crippen molar-refractivity contribution in [3.63, 3.8) is 0 Å². The lowest BCUT2D eigenvalue weighted by Gasteiger charge is -2.18. The number of ether oxygens (including phenoxy) is 1. The Morgan fingerprint density at radius 2 is 2.50 bits per heavy atom. The van der Waals surface area contributed by atoms with Gasteiger partial charge in [-0.15, -0.1) is 0 Å². The smallest absolute Gasteiger partial charge is 0.241 e. The zero-order valence-corrected chi connectivity index (χ0v) is 7.77. The molecule has 0 saturated carbocycles. The molecule has 2 aromatic heterocycles. The average Bonchev–Trinajstić information content (AvgIpc) is 2.53. The fourth-order valence-corrected chi connectivity index (χ4v) is 1.85. The topological polar surface area (TPSA) is 65.4 Å². The van der Waals surface area contributed by atoms with Gasteiger partial charge in [0.05, 0.1) is 6.04 Å².